The van der Waals surface area contributed by atoms with Crippen LogP contribution in [0.5, 0.6) is 11.5 Å². The van der Waals surface area contributed by atoms with Crippen LogP contribution in [0.4, 0.5) is 14.5 Å². The van der Waals surface area contributed by atoms with E-state index in [1.54, 1.807) is 24.3 Å². The first kappa shape index (κ1) is 21.8. The lowest BCUT2D eigenvalue weighted by Gasteiger charge is -2.08. The second-order valence-corrected chi connectivity index (χ2v) is 6.30. The minimum atomic E-state index is -2.88. The lowest BCUT2D eigenvalue weighted by molar-refractivity contribution is -0.120. The summed E-state index contributed by atoms with van der Waals surface area (Å²) in [5.74, 6) is 0.354. The highest BCUT2D eigenvalue weighted by molar-refractivity contribution is 5.91. The molecule has 3 rings (SSSR count). The number of ether oxygens (including phenoxy) is 2. The molecule has 0 unspecified atom stereocenters. The molecule has 1 amide bonds. The van der Waals surface area contributed by atoms with Crippen LogP contribution in [0.25, 0.3) is 0 Å². The van der Waals surface area contributed by atoms with E-state index in [2.05, 4.69) is 15.2 Å². The first-order chi connectivity index (χ1) is 15.1. The van der Waals surface area contributed by atoms with E-state index in [0.29, 0.717) is 23.6 Å². The van der Waals surface area contributed by atoms with Gasteiger partial charge in [0.05, 0.1) is 6.21 Å². The summed E-state index contributed by atoms with van der Waals surface area (Å²) in [5.41, 5.74) is 2.27. The van der Waals surface area contributed by atoms with Crippen molar-refractivity contribution in [2.45, 2.75) is 13.2 Å². The number of alkyl halides is 2. The van der Waals surface area contributed by atoms with Gasteiger partial charge in [0.2, 0.25) is 0 Å². The number of hydrogen-bond donors (Lipinski definition) is 1. The van der Waals surface area contributed by atoms with E-state index >= 15 is 0 Å². The van der Waals surface area contributed by atoms with Gasteiger partial charge in [0.1, 0.15) is 18.1 Å². The van der Waals surface area contributed by atoms with E-state index in [1.165, 1.54) is 30.5 Å². The number of halogens is 2. The molecular weight excluding hydrogens is 406 g/mol. The Hall–Kier alpha value is -3.94. The molecule has 0 fully saturated rings. The predicted octanol–water partition coefficient (Wildman–Crippen LogP) is 4.86. The van der Waals surface area contributed by atoms with Crippen molar-refractivity contribution in [3.63, 3.8) is 0 Å². The van der Waals surface area contributed by atoms with Gasteiger partial charge in [0.25, 0.3) is 5.91 Å². The first-order valence-electron chi connectivity index (χ1n) is 9.35. The maximum Gasteiger partial charge on any atom is 0.387 e. The summed E-state index contributed by atoms with van der Waals surface area (Å²) in [6.45, 7) is -2.70. The average Bonchev–Trinajstić information content (AvgIpc) is 2.78. The molecular formula is C23H20F2N2O4. The molecule has 0 aliphatic rings. The van der Waals surface area contributed by atoms with Gasteiger partial charge < -0.3 is 19.6 Å². The van der Waals surface area contributed by atoms with Crippen LogP contribution in [0.3, 0.4) is 0 Å². The quantitative estimate of drug-likeness (QED) is 0.372. The third-order valence-corrected chi connectivity index (χ3v) is 3.96. The molecule has 31 heavy (non-hydrogen) atoms. The molecule has 3 aromatic rings. The number of hydrogen-bond acceptors (Lipinski definition) is 5. The maximum atomic E-state index is 12.1. The highest BCUT2D eigenvalue weighted by Gasteiger charge is 2.04. The zero-order valence-corrected chi connectivity index (χ0v) is 16.4. The lowest BCUT2D eigenvalue weighted by atomic mass is 10.2. The fraction of sp³-hybridized carbons (Fsp3) is 0.130. The van der Waals surface area contributed by atoms with Crippen LogP contribution in [-0.2, 0) is 16.2 Å². The molecule has 0 atom stereocenters. The smallest absolute Gasteiger partial charge is 0.387 e. The fourth-order valence-corrected chi connectivity index (χ4v) is 2.50. The number of carbonyl (C=O) groups is 1. The van der Waals surface area contributed by atoms with Gasteiger partial charge in [-0.3, -0.25) is 4.79 Å². The van der Waals surface area contributed by atoms with E-state index in [0.717, 1.165) is 5.56 Å². The van der Waals surface area contributed by atoms with Crippen molar-refractivity contribution in [1.29, 1.82) is 0 Å². The highest BCUT2D eigenvalue weighted by atomic mass is 19.3. The molecule has 0 spiro atoms. The Kier molecular flexibility index (Phi) is 7.93. The summed E-state index contributed by atoms with van der Waals surface area (Å²) in [6, 6.07) is 22.6. The molecule has 160 valence electrons. The van der Waals surface area contributed by atoms with Crippen LogP contribution in [0, 0.1) is 0 Å². The van der Waals surface area contributed by atoms with Crippen LogP contribution in [0.1, 0.15) is 11.1 Å². The number of oxime groups is 1. The summed E-state index contributed by atoms with van der Waals surface area (Å²) in [7, 11) is 0. The van der Waals surface area contributed by atoms with E-state index in [1.807, 2.05) is 30.3 Å². The van der Waals surface area contributed by atoms with Crippen molar-refractivity contribution < 1.29 is 27.9 Å². The van der Waals surface area contributed by atoms with E-state index in [9.17, 15) is 13.6 Å². The zero-order chi connectivity index (χ0) is 21.9. The molecule has 3 aromatic carbocycles. The van der Waals surface area contributed by atoms with E-state index < -0.39 is 6.61 Å². The number of anilines is 1. The number of rotatable bonds is 10. The Labute approximate surface area is 178 Å². The van der Waals surface area contributed by atoms with Crippen LogP contribution >= 0.6 is 0 Å². The standard InChI is InChI=1S/C23H20F2N2O4/c24-23(25)31-21-10-6-17(7-11-21)14-26-30-16-22(28)27-19-8-12-20(13-9-19)29-15-18-4-2-1-3-5-18/h1-14,23H,15-16H2,(H,27,28)/b26-14+. The monoisotopic (exact) mass is 426 g/mol. The van der Waals surface area contributed by atoms with Crippen molar-refractivity contribution in [3.05, 3.63) is 90.0 Å². The predicted molar refractivity (Wildman–Crippen MR) is 112 cm³/mol. The largest absolute Gasteiger partial charge is 0.489 e. The van der Waals surface area contributed by atoms with Crippen LogP contribution in [0.2, 0.25) is 0 Å². The van der Waals surface area contributed by atoms with Crippen LogP contribution in [-0.4, -0.2) is 25.3 Å². The van der Waals surface area contributed by atoms with Gasteiger partial charge in [-0.1, -0.05) is 35.5 Å². The molecule has 0 aliphatic carbocycles. The van der Waals surface area contributed by atoms with Gasteiger partial charge in [0.15, 0.2) is 6.61 Å². The normalized spacial score (nSPS) is 10.8. The van der Waals surface area contributed by atoms with Gasteiger partial charge in [-0.15, -0.1) is 0 Å². The number of nitrogens with zero attached hydrogens (tertiary/aromatic N) is 1. The molecule has 0 aliphatic heterocycles. The molecule has 0 saturated heterocycles. The fourth-order valence-electron chi connectivity index (χ4n) is 2.50. The molecule has 8 heteroatoms. The van der Waals surface area contributed by atoms with Crippen molar-refractivity contribution >= 4 is 17.8 Å². The van der Waals surface area contributed by atoms with Gasteiger partial charge in [-0.05, 0) is 59.7 Å². The van der Waals surface area contributed by atoms with Crippen molar-refractivity contribution in [2.24, 2.45) is 5.16 Å². The minimum absolute atomic E-state index is 0.0453. The summed E-state index contributed by atoms with van der Waals surface area (Å²) in [5, 5.41) is 6.37. The van der Waals surface area contributed by atoms with Crippen molar-refractivity contribution in [1.82, 2.24) is 0 Å². The molecule has 0 aromatic heterocycles. The second-order valence-electron chi connectivity index (χ2n) is 6.30. The maximum absolute atomic E-state index is 12.1. The number of carbonyl (C=O) groups excluding carboxylic acids is 1. The Bertz CT molecular complexity index is 979. The summed E-state index contributed by atoms with van der Waals surface area (Å²) in [4.78, 5) is 16.9. The van der Waals surface area contributed by atoms with Crippen molar-refractivity contribution in [2.75, 3.05) is 11.9 Å². The Morgan fingerprint density at radius 1 is 0.935 bits per heavy atom. The summed E-state index contributed by atoms with van der Waals surface area (Å²) >= 11 is 0. The summed E-state index contributed by atoms with van der Waals surface area (Å²) < 4.78 is 34.2. The lowest BCUT2D eigenvalue weighted by Crippen LogP contribution is -2.16. The van der Waals surface area contributed by atoms with E-state index in [4.69, 9.17) is 9.57 Å². The minimum Gasteiger partial charge on any atom is -0.489 e. The molecule has 6 nitrogen and oxygen atoms in total. The average molecular weight is 426 g/mol. The SMILES string of the molecule is O=C(CO/N=C/c1ccc(OC(F)F)cc1)Nc1ccc(OCc2ccccc2)cc1. The number of amides is 1. The zero-order valence-electron chi connectivity index (χ0n) is 16.4. The first-order valence-corrected chi connectivity index (χ1v) is 9.35. The molecule has 0 heterocycles. The second kappa shape index (κ2) is 11.3. The third kappa shape index (κ3) is 7.77. The van der Waals surface area contributed by atoms with Gasteiger partial charge in [-0.2, -0.15) is 8.78 Å². The molecule has 1 N–H and O–H groups in total. The van der Waals surface area contributed by atoms with Crippen LogP contribution < -0.4 is 14.8 Å². The number of nitrogens with one attached hydrogen (secondary N) is 1. The van der Waals surface area contributed by atoms with Crippen LogP contribution in [0.15, 0.2) is 84.0 Å². The molecule has 0 saturated carbocycles. The Balaban J connectivity index is 1.38. The topological polar surface area (TPSA) is 69.2 Å². The highest BCUT2D eigenvalue weighted by Crippen LogP contribution is 2.17. The van der Waals surface area contributed by atoms with Gasteiger partial charge in [0, 0.05) is 5.69 Å². The number of benzene rings is 3. The van der Waals surface area contributed by atoms with E-state index in [-0.39, 0.29) is 18.3 Å². The van der Waals surface area contributed by atoms with Gasteiger partial charge in [-0.25, -0.2) is 0 Å². The molecule has 0 bridgehead atoms. The van der Waals surface area contributed by atoms with Gasteiger partial charge >= 0.3 is 6.61 Å². The molecule has 0 radical (unpaired) electrons. The van der Waals surface area contributed by atoms with Crippen molar-refractivity contribution in [3.8, 4) is 11.5 Å². The summed E-state index contributed by atoms with van der Waals surface area (Å²) in [6.07, 6.45) is 1.36. The Morgan fingerprint density at radius 3 is 2.29 bits per heavy atom. The Morgan fingerprint density at radius 2 is 1.61 bits per heavy atom. The third-order valence-electron chi connectivity index (χ3n) is 3.96.